The van der Waals surface area contributed by atoms with Gasteiger partial charge >= 0.3 is 11.9 Å². The molecule has 0 radical (unpaired) electrons. The number of carboxylic acids is 1. The van der Waals surface area contributed by atoms with Crippen LogP contribution in [0.1, 0.15) is 43.5 Å². The maximum absolute atomic E-state index is 13.4. The van der Waals surface area contributed by atoms with E-state index in [-0.39, 0.29) is 24.8 Å². The average Bonchev–Trinajstić information content (AvgIpc) is 2.91. The van der Waals surface area contributed by atoms with Gasteiger partial charge in [-0.25, -0.2) is 9.59 Å². The number of nitrogens with zero attached hydrogens (tertiary/aromatic N) is 1. The van der Waals surface area contributed by atoms with E-state index in [9.17, 15) is 19.5 Å². The normalized spacial score (nSPS) is 11.3. The van der Waals surface area contributed by atoms with Crippen LogP contribution in [0.2, 0.25) is 0 Å². The van der Waals surface area contributed by atoms with Gasteiger partial charge in [0.25, 0.3) is 5.91 Å². The number of aliphatic carboxylic acids is 1. The molecule has 3 aromatic carbocycles. The number of nitrogen functional groups attached to an aromatic ring is 1. The Morgan fingerprint density at radius 2 is 1.49 bits per heavy atom. The van der Waals surface area contributed by atoms with Crippen molar-refractivity contribution in [1.82, 2.24) is 4.90 Å². The molecule has 5 N–H and O–H groups in total. The van der Waals surface area contributed by atoms with Crippen LogP contribution < -0.4 is 10.5 Å². The summed E-state index contributed by atoms with van der Waals surface area (Å²) in [6.45, 7) is -0.394. The first-order valence-corrected chi connectivity index (χ1v) is 11.2. The molecule has 0 bridgehead atoms. The van der Waals surface area contributed by atoms with E-state index in [0.717, 1.165) is 5.56 Å². The Morgan fingerprint density at radius 3 is 2.03 bits per heavy atom. The van der Waals surface area contributed by atoms with Crippen LogP contribution in [0.3, 0.4) is 0 Å². The lowest BCUT2D eigenvalue weighted by atomic mass is 10.1. The zero-order chi connectivity index (χ0) is 26.9. The molecule has 3 rings (SSSR count). The topological polar surface area (TPSA) is 163 Å². The molecular weight excluding hydrogens is 478 g/mol. The second-order valence-electron chi connectivity index (χ2n) is 8.13. The molecular formula is C27H27N3O7. The molecule has 0 saturated carbocycles. The van der Waals surface area contributed by atoms with E-state index in [1.54, 1.807) is 72.8 Å². The molecule has 10 heteroatoms. The van der Waals surface area contributed by atoms with E-state index in [1.807, 2.05) is 0 Å². The fourth-order valence-electron chi connectivity index (χ4n) is 3.52. The first-order valence-electron chi connectivity index (χ1n) is 11.2. The number of aliphatic hydroxyl groups is 1. The Kier molecular flexibility index (Phi) is 8.95. The fraction of sp³-hybridized carbons (Fsp3) is 0.185. The predicted molar refractivity (Wildman–Crippen MR) is 135 cm³/mol. The summed E-state index contributed by atoms with van der Waals surface area (Å²) in [5.41, 5.74) is 7.94. The van der Waals surface area contributed by atoms with Crippen molar-refractivity contribution in [3.8, 4) is 5.75 Å². The number of amides is 1. The number of carboxylic acid groups (broad SMARTS) is 1. The smallest absolute Gasteiger partial charge is 0.341 e. The largest absolute Gasteiger partial charge is 0.482 e. The van der Waals surface area contributed by atoms with E-state index < -0.39 is 24.6 Å². The summed E-state index contributed by atoms with van der Waals surface area (Å²) in [4.78, 5) is 37.3. The molecule has 0 aromatic heterocycles. The number of methoxy groups -OCH3 is 1. The number of ether oxygens (including phenoxy) is 2. The first-order chi connectivity index (χ1) is 17.7. The zero-order valence-corrected chi connectivity index (χ0v) is 20.1. The fourth-order valence-corrected chi connectivity index (χ4v) is 3.52. The van der Waals surface area contributed by atoms with Crippen LogP contribution in [-0.4, -0.2) is 59.1 Å². The monoisotopic (exact) mass is 505 g/mol. The highest BCUT2D eigenvalue weighted by atomic mass is 16.5. The number of hydrogen-bond donors (Lipinski definition) is 4. The highest BCUT2D eigenvalue weighted by Crippen LogP contribution is 2.21. The number of nitrogens with two attached hydrogens (primary N) is 1. The number of rotatable bonds is 11. The number of esters is 1. The molecule has 0 fully saturated rings. The molecule has 0 aliphatic carbocycles. The molecule has 1 amide bonds. The van der Waals surface area contributed by atoms with Crippen LogP contribution in [0.5, 0.6) is 5.75 Å². The molecule has 192 valence electrons. The quantitative estimate of drug-likeness (QED) is 0.175. The highest BCUT2D eigenvalue weighted by Gasteiger charge is 2.21. The van der Waals surface area contributed by atoms with Gasteiger partial charge in [-0.3, -0.25) is 10.2 Å². The Morgan fingerprint density at radius 1 is 0.919 bits per heavy atom. The number of aliphatic hydroxyl groups excluding tert-OH is 1. The Labute approximate surface area is 213 Å². The van der Waals surface area contributed by atoms with Gasteiger partial charge in [-0.15, -0.1) is 0 Å². The third kappa shape index (κ3) is 7.39. The molecule has 0 aliphatic heterocycles. The third-order valence-electron chi connectivity index (χ3n) is 5.50. The van der Waals surface area contributed by atoms with E-state index in [1.165, 1.54) is 12.0 Å². The van der Waals surface area contributed by atoms with Gasteiger partial charge in [0.15, 0.2) is 6.61 Å². The molecule has 0 spiro atoms. The van der Waals surface area contributed by atoms with Crippen LogP contribution in [-0.2, 0) is 16.1 Å². The summed E-state index contributed by atoms with van der Waals surface area (Å²) >= 11 is 0. The van der Waals surface area contributed by atoms with Gasteiger partial charge in [0.1, 0.15) is 11.6 Å². The van der Waals surface area contributed by atoms with E-state index in [4.69, 9.17) is 25.7 Å². The number of carbonyl (C=O) groups is 3. The molecule has 3 aromatic rings. The minimum absolute atomic E-state index is 0.0542. The molecule has 0 heterocycles. The SMILES string of the molecule is COC(=O)c1ccc(CN(CC(O)c2ccc(OCC(=O)O)cc2)C(=O)c2ccc(C(=N)N)cc2)cc1. The van der Waals surface area contributed by atoms with Crippen LogP contribution in [0.25, 0.3) is 0 Å². The summed E-state index contributed by atoms with van der Waals surface area (Å²) in [6.07, 6.45) is -1.05. The van der Waals surface area contributed by atoms with Crippen molar-refractivity contribution in [3.63, 3.8) is 0 Å². The lowest BCUT2D eigenvalue weighted by Crippen LogP contribution is -2.34. The van der Waals surface area contributed by atoms with Crippen molar-refractivity contribution in [2.75, 3.05) is 20.3 Å². The van der Waals surface area contributed by atoms with Crippen molar-refractivity contribution < 1.29 is 34.1 Å². The number of amidine groups is 1. The van der Waals surface area contributed by atoms with Gasteiger partial charge < -0.3 is 30.3 Å². The van der Waals surface area contributed by atoms with E-state index in [2.05, 4.69) is 0 Å². The Balaban J connectivity index is 1.82. The molecule has 10 nitrogen and oxygen atoms in total. The predicted octanol–water partition coefficient (Wildman–Crippen LogP) is 2.60. The van der Waals surface area contributed by atoms with Gasteiger partial charge in [-0.2, -0.15) is 0 Å². The maximum Gasteiger partial charge on any atom is 0.341 e. The summed E-state index contributed by atoms with van der Waals surface area (Å²) in [5, 5.41) is 27.2. The van der Waals surface area contributed by atoms with Crippen LogP contribution in [0, 0.1) is 5.41 Å². The Bertz CT molecular complexity index is 1260. The van der Waals surface area contributed by atoms with Crippen molar-refractivity contribution in [2.24, 2.45) is 5.73 Å². The molecule has 1 unspecified atom stereocenters. The lowest BCUT2D eigenvalue weighted by molar-refractivity contribution is -0.139. The molecule has 1 atom stereocenters. The number of benzene rings is 3. The molecule has 37 heavy (non-hydrogen) atoms. The van der Waals surface area contributed by atoms with Crippen molar-refractivity contribution >= 4 is 23.7 Å². The number of carbonyl (C=O) groups excluding carboxylic acids is 2. The van der Waals surface area contributed by atoms with Gasteiger partial charge in [0.2, 0.25) is 0 Å². The Hall–Kier alpha value is -4.70. The van der Waals surface area contributed by atoms with Crippen molar-refractivity contribution in [1.29, 1.82) is 5.41 Å². The second-order valence-corrected chi connectivity index (χ2v) is 8.13. The third-order valence-corrected chi connectivity index (χ3v) is 5.50. The molecule has 0 saturated heterocycles. The van der Waals surface area contributed by atoms with Crippen molar-refractivity contribution in [2.45, 2.75) is 12.6 Å². The number of hydrogen-bond acceptors (Lipinski definition) is 7. The summed E-state index contributed by atoms with van der Waals surface area (Å²) < 4.78 is 9.83. The van der Waals surface area contributed by atoms with Gasteiger partial charge in [-0.05, 0) is 47.5 Å². The van der Waals surface area contributed by atoms with Crippen LogP contribution in [0.4, 0.5) is 0 Å². The minimum Gasteiger partial charge on any atom is -0.482 e. The van der Waals surface area contributed by atoms with Crippen LogP contribution in [0.15, 0.2) is 72.8 Å². The zero-order valence-electron chi connectivity index (χ0n) is 20.1. The van der Waals surface area contributed by atoms with Gasteiger partial charge in [-0.1, -0.05) is 36.4 Å². The average molecular weight is 506 g/mol. The molecule has 0 aliphatic rings. The summed E-state index contributed by atoms with van der Waals surface area (Å²) in [7, 11) is 1.29. The van der Waals surface area contributed by atoms with Crippen LogP contribution >= 0.6 is 0 Å². The van der Waals surface area contributed by atoms with Crippen molar-refractivity contribution in [3.05, 3.63) is 101 Å². The first kappa shape index (κ1) is 26.9. The minimum atomic E-state index is -1.10. The lowest BCUT2D eigenvalue weighted by Gasteiger charge is -2.26. The second kappa shape index (κ2) is 12.3. The standard InChI is InChI=1S/C27H27N3O7/c1-36-27(35)21-4-2-17(3-5-21)14-30(26(34)20-8-6-19(7-9-20)25(28)29)15-23(31)18-10-12-22(13-11-18)37-16-24(32)33/h2-13,23,31H,14-16H2,1H3,(H3,28,29)(H,32,33). The summed E-state index contributed by atoms with van der Waals surface area (Å²) in [5.74, 6) is -1.71. The number of nitrogens with one attached hydrogen (secondary N) is 1. The van der Waals surface area contributed by atoms with Gasteiger partial charge in [0.05, 0.1) is 25.3 Å². The maximum atomic E-state index is 13.4. The van der Waals surface area contributed by atoms with Gasteiger partial charge in [0, 0.05) is 17.7 Å². The highest BCUT2D eigenvalue weighted by molar-refractivity contribution is 5.98. The van der Waals surface area contributed by atoms with E-state index >= 15 is 0 Å². The van der Waals surface area contributed by atoms with E-state index in [0.29, 0.717) is 28.0 Å². The summed E-state index contributed by atoms with van der Waals surface area (Å²) in [6, 6.07) is 19.1.